The highest BCUT2D eigenvalue weighted by Gasteiger charge is 2.48. The van der Waals surface area contributed by atoms with Gasteiger partial charge in [0.15, 0.2) is 0 Å². The fourth-order valence-corrected chi connectivity index (χ4v) is 5.19. The van der Waals surface area contributed by atoms with Gasteiger partial charge in [0.1, 0.15) is 17.0 Å². The molecule has 14 heteroatoms. The van der Waals surface area contributed by atoms with Gasteiger partial charge in [-0.2, -0.15) is 26.9 Å². The third kappa shape index (κ3) is 10.5. The molecule has 10 nitrogen and oxygen atoms in total. The van der Waals surface area contributed by atoms with E-state index in [0.29, 0.717) is 50.1 Å². The first kappa shape index (κ1) is 36.5. The molecule has 0 N–H and O–H groups in total. The zero-order valence-electron chi connectivity index (χ0n) is 26.9. The molecule has 0 saturated carbocycles. The van der Waals surface area contributed by atoms with Crippen LogP contribution in [0.5, 0.6) is 5.75 Å². The van der Waals surface area contributed by atoms with Gasteiger partial charge in [0.05, 0.1) is 11.6 Å². The van der Waals surface area contributed by atoms with E-state index in [4.69, 9.17) is 14.7 Å². The molecule has 2 aliphatic heterocycles. The van der Waals surface area contributed by atoms with Crippen LogP contribution in [-0.2, 0) is 45.3 Å². The summed E-state index contributed by atoms with van der Waals surface area (Å²) in [5, 5.41) is 8.94. The number of hydrogen-bond acceptors (Lipinski definition) is 8. The van der Waals surface area contributed by atoms with Crippen molar-refractivity contribution >= 4 is 22.3 Å². The van der Waals surface area contributed by atoms with Crippen molar-refractivity contribution in [3.05, 3.63) is 64.2 Å². The summed E-state index contributed by atoms with van der Waals surface area (Å²) in [6.45, 7) is 12.9. The standard InChI is InChI=1S/C16H20F3NO5S.C16H20N2O2/c1-15(2,3)24-14(21)20-8-6-11-4-5-13(10-12(11)7-9-20)25-26(22,23)16(17,18)19;1-16(2,3)20-15(19)18-8-6-13-5-4-12(11-17)10-14(13)7-9-18/h4-5,10H,6-9H2,1-3H3;4-5,10H,6-9H2,1-3H3. The van der Waals surface area contributed by atoms with Gasteiger partial charge in [0.2, 0.25) is 0 Å². The predicted octanol–water partition coefficient (Wildman–Crippen LogP) is 6.14. The number of nitrogens with zero attached hydrogens (tertiary/aromatic N) is 3. The minimum atomic E-state index is -5.72. The maximum atomic E-state index is 12.4. The molecule has 46 heavy (non-hydrogen) atoms. The largest absolute Gasteiger partial charge is 0.534 e. The molecule has 2 aliphatic rings. The van der Waals surface area contributed by atoms with Crippen molar-refractivity contribution in [2.45, 2.75) is 83.9 Å². The normalized spacial score (nSPS) is 15.5. The van der Waals surface area contributed by atoms with Gasteiger partial charge in [-0.05, 0) is 114 Å². The van der Waals surface area contributed by atoms with Gasteiger partial charge >= 0.3 is 27.8 Å². The maximum absolute atomic E-state index is 12.4. The molecule has 0 fully saturated rings. The van der Waals surface area contributed by atoms with Crippen molar-refractivity contribution < 1.29 is 44.8 Å². The van der Waals surface area contributed by atoms with E-state index in [9.17, 15) is 31.2 Å². The lowest BCUT2D eigenvalue weighted by atomic mass is 10.0. The Hall–Kier alpha value is -3.99. The van der Waals surface area contributed by atoms with Gasteiger partial charge in [-0.15, -0.1) is 0 Å². The number of benzene rings is 2. The van der Waals surface area contributed by atoms with E-state index in [1.807, 2.05) is 39.0 Å². The van der Waals surface area contributed by atoms with E-state index >= 15 is 0 Å². The Bertz CT molecular complexity index is 1570. The molecule has 252 valence electrons. The van der Waals surface area contributed by atoms with E-state index in [1.165, 1.54) is 28.7 Å². The van der Waals surface area contributed by atoms with Gasteiger partial charge in [0, 0.05) is 26.2 Å². The van der Waals surface area contributed by atoms with Crippen LogP contribution in [0, 0.1) is 11.3 Å². The number of alkyl halides is 3. The van der Waals surface area contributed by atoms with Gasteiger partial charge in [-0.25, -0.2) is 9.59 Å². The first-order valence-corrected chi connectivity index (χ1v) is 16.2. The van der Waals surface area contributed by atoms with Crippen molar-refractivity contribution in [2.24, 2.45) is 0 Å². The zero-order chi connectivity index (χ0) is 34.5. The van der Waals surface area contributed by atoms with Gasteiger partial charge in [-0.1, -0.05) is 12.1 Å². The van der Waals surface area contributed by atoms with Gasteiger partial charge < -0.3 is 23.5 Å². The Balaban J connectivity index is 0.000000259. The first-order chi connectivity index (χ1) is 21.2. The summed E-state index contributed by atoms with van der Waals surface area (Å²) in [5.74, 6) is -0.410. The molecule has 0 spiro atoms. The fraction of sp³-hybridized carbons (Fsp3) is 0.531. The highest BCUT2D eigenvalue weighted by Crippen LogP contribution is 2.29. The van der Waals surface area contributed by atoms with Gasteiger partial charge in [0.25, 0.3) is 0 Å². The maximum Gasteiger partial charge on any atom is 0.534 e. The lowest BCUT2D eigenvalue weighted by Gasteiger charge is -2.26. The Morgan fingerprint density at radius 3 is 1.54 bits per heavy atom. The van der Waals surface area contributed by atoms with Crippen LogP contribution >= 0.6 is 0 Å². The second kappa shape index (κ2) is 14.2. The Morgan fingerprint density at radius 2 is 1.13 bits per heavy atom. The van der Waals surface area contributed by atoms with Crippen LogP contribution in [0.3, 0.4) is 0 Å². The number of carbonyl (C=O) groups is 2. The third-order valence-electron chi connectivity index (χ3n) is 6.91. The molecule has 2 amide bonds. The molecule has 0 radical (unpaired) electrons. The van der Waals surface area contributed by atoms with E-state index in [0.717, 1.165) is 24.0 Å². The number of hydrogen-bond donors (Lipinski definition) is 0. The van der Waals surface area contributed by atoms with E-state index < -0.39 is 38.7 Å². The SMILES string of the molecule is CC(C)(C)OC(=O)N1CCc2ccc(C#N)cc2CC1.CC(C)(C)OC(=O)N1CCc2ccc(OS(=O)(=O)C(F)(F)F)cc2CC1. The number of nitriles is 1. The van der Waals surface area contributed by atoms with E-state index in [-0.39, 0.29) is 6.09 Å². The quantitative estimate of drug-likeness (QED) is 0.276. The van der Waals surface area contributed by atoms with Crippen molar-refractivity contribution in [3.63, 3.8) is 0 Å². The molecule has 0 unspecified atom stereocenters. The highest BCUT2D eigenvalue weighted by molar-refractivity contribution is 7.88. The molecule has 0 aromatic heterocycles. The predicted molar refractivity (Wildman–Crippen MR) is 164 cm³/mol. The van der Waals surface area contributed by atoms with Crippen molar-refractivity contribution in [1.29, 1.82) is 5.26 Å². The first-order valence-electron chi connectivity index (χ1n) is 14.8. The highest BCUT2D eigenvalue weighted by atomic mass is 32.2. The molecule has 0 saturated heterocycles. The number of halogens is 3. The van der Waals surface area contributed by atoms with Crippen molar-refractivity contribution in [2.75, 3.05) is 26.2 Å². The van der Waals surface area contributed by atoms with Crippen LogP contribution in [0.1, 0.15) is 69.4 Å². The van der Waals surface area contributed by atoms with Crippen LogP contribution in [0.25, 0.3) is 0 Å². The Kier molecular flexibility index (Phi) is 11.3. The van der Waals surface area contributed by atoms with Crippen LogP contribution in [-0.4, -0.2) is 73.3 Å². The molecule has 0 atom stereocenters. The number of fused-ring (bicyclic) bond motifs is 2. The Morgan fingerprint density at radius 1 is 0.717 bits per heavy atom. The second-order valence-corrected chi connectivity index (χ2v) is 14.5. The Labute approximate surface area is 268 Å². The summed E-state index contributed by atoms with van der Waals surface area (Å²) >= 11 is 0. The van der Waals surface area contributed by atoms with E-state index in [1.54, 1.807) is 25.7 Å². The number of amides is 2. The van der Waals surface area contributed by atoms with Crippen molar-refractivity contribution in [3.8, 4) is 11.8 Å². The van der Waals surface area contributed by atoms with E-state index in [2.05, 4.69) is 10.3 Å². The summed E-state index contributed by atoms with van der Waals surface area (Å²) in [4.78, 5) is 27.5. The zero-order valence-corrected chi connectivity index (χ0v) is 27.7. The molecule has 2 aromatic carbocycles. The number of ether oxygens (including phenoxy) is 2. The minimum absolute atomic E-state index is 0.259. The summed E-state index contributed by atoms with van der Waals surface area (Å²) in [5.41, 5.74) is -2.10. The molecule has 2 heterocycles. The fourth-order valence-electron chi connectivity index (χ4n) is 4.74. The summed E-state index contributed by atoms with van der Waals surface area (Å²) < 4.78 is 74.4. The molecule has 0 bridgehead atoms. The topological polar surface area (TPSA) is 126 Å². The molecule has 4 rings (SSSR count). The molecular weight excluding hydrogens is 627 g/mol. The van der Waals surface area contributed by atoms with Crippen LogP contribution in [0.2, 0.25) is 0 Å². The lowest BCUT2D eigenvalue weighted by molar-refractivity contribution is -0.0500. The van der Waals surface area contributed by atoms with Crippen LogP contribution in [0.4, 0.5) is 22.8 Å². The molecule has 2 aromatic rings. The summed E-state index contributed by atoms with van der Waals surface area (Å²) in [6.07, 6.45) is 1.66. The lowest BCUT2D eigenvalue weighted by Crippen LogP contribution is -2.38. The minimum Gasteiger partial charge on any atom is -0.444 e. The smallest absolute Gasteiger partial charge is 0.444 e. The monoisotopic (exact) mass is 667 g/mol. The molecular formula is C32H40F3N3O7S. The van der Waals surface area contributed by atoms with Crippen LogP contribution < -0.4 is 4.18 Å². The average molecular weight is 668 g/mol. The number of rotatable bonds is 2. The average Bonchev–Trinajstić information content (AvgIpc) is 3.27. The third-order valence-corrected chi connectivity index (χ3v) is 7.89. The number of carbonyl (C=O) groups excluding carboxylic acids is 2. The summed E-state index contributed by atoms with van der Waals surface area (Å²) in [7, 11) is -5.72. The second-order valence-electron chi connectivity index (χ2n) is 12.9. The van der Waals surface area contributed by atoms with Gasteiger partial charge in [-0.3, -0.25) is 0 Å². The molecule has 0 aliphatic carbocycles. The van der Waals surface area contributed by atoms with Crippen molar-refractivity contribution in [1.82, 2.24) is 9.80 Å². The van der Waals surface area contributed by atoms with Crippen LogP contribution in [0.15, 0.2) is 36.4 Å². The summed E-state index contributed by atoms with van der Waals surface area (Å²) in [6, 6.07) is 11.9.